The van der Waals surface area contributed by atoms with Crippen molar-refractivity contribution in [2.24, 2.45) is 10.3 Å². The van der Waals surface area contributed by atoms with Gasteiger partial charge in [-0.3, -0.25) is 4.79 Å². The first-order valence-corrected chi connectivity index (χ1v) is 35.4. The summed E-state index contributed by atoms with van der Waals surface area (Å²) >= 11 is 0. The number of sulfone groups is 1. The van der Waals surface area contributed by atoms with Gasteiger partial charge in [0, 0.05) is 28.9 Å². The fourth-order valence-corrected chi connectivity index (χ4v) is 12.0. The lowest BCUT2D eigenvalue weighted by Gasteiger charge is -2.08. The predicted octanol–water partition coefficient (Wildman–Crippen LogP) is 13.4. The molecule has 2 aromatic heterocycles. The first-order valence-electron chi connectivity index (χ1n) is 30.4. The van der Waals surface area contributed by atoms with Crippen LogP contribution in [0.4, 0.5) is 0 Å². The number of benzene rings is 10. The minimum Gasteiger partial charge on any atom is -0.508 e. The van der Waals surface area contributed by atoms with Crippen molar-refractivity contribution in [2.75, 3.05) is 20.0 Å². The number of phenolic OH excluding ortho intramolecular Hbond substituents is 1. The lowest BCUT2D eigenvalue weighted by molar-refractivity contribution is -0.138. The van der Waals surface area contributed by atoms with Crippen molar-refractivity contribution in [3.05, 3.63) is 282 Å². The Morgan fingerprint density at radius 1 is 0.561 bits per heavy atom. The molecule has 22 heteroatoms. The number of carbonyl (C=O) groups is 3. The molecule has 1 aliphatic heterocycles. The van der Waals surface area contributed by atoms with Crippen LogP contribution in [0.1, 0.15) is 59.2 Å². The third-order valence-corrected chi connectivity index (χ3v) is 18.8. The number of hydrogen-bond donors (Lipinski definition) is 4. The average Bonchev–Trinajstić information content (AvgIpc) is 1.62. The van der Waals surface area contributed by atoms with Crippen LogP contribution in [-0.4, -0.2) is 93.2 Å². The lowest BCUT2D eigenvalue weighted by Crippen LogP contribution is -2.12. The number of fused-ring (bicyclic) bond motifs is 2. The SMILES string of the molecule is CC(C(=O)O)c1ccc2cc(O)ccc2c1.COc1ccc2cc(C(C)C=O)ccc2c1.CS(=O)(=O)c1ccc(C2=C(c3ccccc3)C(=O)OC2)cc1.Cc1cc(-c2ccccc2)n(-c2ccc(S(N)(=O)=O)cc2)n1.Cc1ccc(-c2ccnn2-c2ccc(S(N)(=O)=O)cc2)cc1. The number of rotatable bonds is 14. The molecule has 13 rings (SSSR count). The molecule has 500 valence electrons. The molecule has 3 heterocycles. The topological polar surface area (TPSA) is 300 Å². The number of primary sulfonamides is 2. The second-order valence-corrected chi connectivity index (χ2v) is 28.0. The van der Waals surface area contributed by atoms with E-state index in [9.17, 15) is 44.7 Å². The number of aldehydes is 1. The maximum Gasteiger partial charge on any atom is 0.339 e. The minimum atomic E-state index is -3.69. The number of aromatic hydroxyl groups is 1. The van der Waals surface area contributed by atoms with Gasteiger partial charge in [0.05, 0.1) is 67.9 Å². The molecule has 0 aliphatic carbocycles. The van der Waals surface area contributed by atoms with Gasteiger partial charge in [0.15, 0.2) is 9.84 Å². The second kappa shape index (κ2) is 31.2. The highest BCUT2D eigenvalue weighted by atomic mass is 32.2. The molecule has 6 N–H and O–H groups in total. The number of nitrogens with zero attached hydrogens (tertiary/aromatic N) is 4. The number of carbonyl (C=O) groups excluding carboxylic acids is 2. The molecule has 1 aliphatic rings. The fraction of sp³-hybridized carbons (Fsp3) is 0.118. The molecular weight excluding hydrogens is 1300 g/mol. The summed E-state index contributed by atoms with van der Waals surface area (Å²) < 4.78 is 82.2. The van der Waals surface area contributed by atoms with Gasteiger partial charge in [-0.2, -0.15) is 10.2 Å². The molecule has 0 amide bonds. The van der Waals surface area contributed by atoms with Crippen molar-refractivity contribution >= 4 is 80.8 Å². The number of aryl methyl sites for hydroxylation is 2. The van der Waals surface area contributed by atoms with E-state index in [2.05, 4.69) is 10.2 Å². The highest BCUT2D eigenvalue weighted by molar-refractivity contribution is 7.90. The van der Waals surface area contributed by atoms with Gasteiger partial charge >= 0.3 is 11.9 Å². The molecule has 98 heavy (non-hydrogen) atoms. The minimum absolute atomic E-state index is 0.0495. The van der Waals surface area contributed by atoms with Gasteiger partial charge in [-0.15, -0.1) is 0 Å². The lowest BCUT2D eigenvalue weighted by atomic mass is 9.97. The van der Waals surface area contributed by atoms with Gasteiger partial charge in [-0.05, 0) is 162 Å². The summed E-state index contributed by atoms with van der Waals surface area (Å²) in [5, 5.41) is 41.3. The van der Waals surface area contributed by atoms with Crippen molar-refractivity contribution in [1.29, 1.82) is 0 Å². The molecule has 12 aromatic rings. The van der Waals surface area contributed by atoms with Crippen LogP contribution in [0, 0.1) is 13.8 Å². The number of carboxylic acid groups (broad SMARTS) is 1. The van der Waals surface area contributed by atoms with Crippen LogP contribution in [0.25, 0.3) is 66.6 Å². The number of ether oxygens (including phenoxy) is 2. The fourth-order valence-electron chi connectivity index (χ4n) is 10.3. The number of phenols is 1. The predicted molar refractivity (Wildman–Crippen MR) is 381 cm³/mol. The molecule has 10 aromatic carbocycles. The van der Waals surface area contributed by atoms with Crippen LogP contribution < -0.4 is 15.0 Å². The van der Waals surface area contributed by atoms with Gasteiger partial charge < -0.3 is 24.5 Å². The zero-order chi connectivity index (χ0) is 70.5. The van der Waals surface area contributed by atoms with Crippen molar-refractivity contribution in [1.82, 2.24) is 19.6 Å². The third kappa shape index (κ3) is 18.0. The van der Waals surface area contributed by atoms with Crippen LogP contribution in [-0.2, 0) is 49.0 Å². The van der Waals surface area contributed by atoms with Crippen molar-refractivity contribution in [3.8, 4) is 45.4 Å². The molecule has 19 nitrogen and oxygen atoms in total. The van der Waals surface area contributed by atoms with E-state index >= 15 is 0 Å². The summed E-state index contributed by atoms with van der Waals surface area (Å²) in [5.41, 5.74) is 12.3. The Hall–Kier alpha value is -11.1. The third-order valence-electron chi connectivity index (χ3n) is 15.8. The number of carboxylic acids is 1. The first-order chi connectivity index (χ1) is 46.7. The normalized spacial score (nSPS) is 12.6. The van der Waals surface area contributed by atoms with Crippen LogP contribution in [0.2, 0.25) is 0 Å². The Bertz CT molecular complexity index is 5220. The summed E-state index contributed by atoms with van der Waals surface area (Å²) in [6.45, 7) is 7.71. The Morgan fingerprint density at radius 2 is 1.05 bits per heavy atom. The standard InChI is InChI=1S/C17H14O4S.2C16H15N3O2S.C14H14O2.C13H12O3/c1-22(19,20)14-9-7-12(8-10-14)15-11-21-17(18)16(15)13-5-3-2-4-6-13;1-12-2-4-13(5-3-12)16-10-11-18-19(16)14-6-8-15(9-7-14)22(17,20)21;1-12-11-16(13-5-3-2-4-6-13)19(18-12)14-7-9-15(10-8-14)22(17,20)21;1-10(9-15)11-3-4-13-8-14(16-2)6-5-12(13)7-11;1-8(13(15)16)9-2-3-11-7-12(14)5-4-10(11)6-9/h2-10H,11H2,1H3;2*2-11H,1H3,(H2,17,20,21);3-10H,1-2H3;2-8,14H,1H3,(H,15,16). The number of esters is 1. The molecule has 0 radical (unpaired) electrons. The number of cyclic esters (lactones) is 1. The number of aromatic nitrogens is 4. The maximum atomic E-state index is 12.0. The summed E-state index contributed by atoms with van der Waals surface area (Å²) in [7, 11) is -8.95. The van der Waals surface area contributed by atoms with Crippen LogP contribution >= 0.6 is 0 Å². The van der Waals surface area contributed by atoms with Crippen molar-refractivity contribution in [3.63, 3.8) is 0 Å². The van der Waals surface area contributed by atoms with Crippen LogP contribution in [0.15, 0.2) is 264 Å². The molecule has 2 unspecified atom stereocenters. The monoisotopic (exact) mass is 1370 g/mol. The molecule has 0 saturated heterocycles. The van der Waals surface area contributed by atoms with Crippen LogP contribution in [0.3, 0.4) is 0 Å². The summed E-state index contributed by atoms with van der Waals surface area (Å²) in [6, 6.07) is 72.9. The summed E-state index contributed by atoms with van der Waals surface area (Å²) in [5.74, 6) is -0.688. The van der Waals surface area contributed by atoms with E-state index in [1.54, 1.807) is 102 Å². The first kappa shape index (κ1) is 71.2. The van der Waals surface area contributed by atoms with Gasteiger partial charge in [-0.25, -0.2) is 49.7 Å². The molecule has 0 saturated carbocycles. The Labute approximate surface area is 568 Å². The van der Waals surface area contributed by atoms with Gasteiger partial charge in [-0.1, -0.05) is 158 Å². The Kier molecular flexibility index (Phi) is 22.6. The number of nitrogens with two attached hydrogens (primary N) is 2. The van der Waals surface area contributed by atoms with E-state index in [0.29, 0.717) is 5.57 Å². The zero-order valence-electron chi connectivity index (χ0n) is 54.2. The van der Waals surface area contributed by atoms with Gasteiger partial charge in [0.25, 0.3) is 0 Å². The van der Waals surface area contributed by atoms with E-state index in [4.69, 9.17) is 24.9 Å². The average molecular weight is 1370 g/mol. The Morgan fingerprint density at radius 3 is 1.60 bits per heavy atom. The Balaban J connectivity index is 0.000000144. The highest BCUT2D eigenvalue weighted by Gasteiger charge is 2.27. The smallest absolute Gasteiger partial charge is 0.339 e. The number of sulfonamides is 2. The van der Waals surface area contributed by atoms with E-state index in [-0.39, 0.29) is 38.9 Å². The van der Waals surface area contributed by atoms with Gasteiger partial charge in [0.1, 0.15) is 24.4 Å². The second-order valence-electron chi connectivity index (χ2n) is 22.9. The number of hydrogen-bond acceptors (Lipinski definition) is 14. The summed E-state index contributed by atoms with van der Waals surface area (Å²) in [4.78, 5) is 34.0. The van der Waals surface area contributed by atoms with Gasteiger partial charge in [0.2, 0.25) is 20.0 Å². The van der Waals surface area contributed by atoms with E-state index in [1.165, 1.54) is 36.1 Å². The maximum absolute atomic E-state index is 12.0. The van der Waals surface area contributed by atoms with Crippen LogP contribution in [0.5, 0.6) is 11.5 Å². The molecule has 0 fully saturated rings. The highest BCUT2D eigenvalue weighted by Crippen LogP contribution is 2.34. The zero-order valence-corrected chi connectivity index (χ0v) is 56.6. The molecule has 0 bridgehead atoms. The number of methoxy groups -OCH3 is 1. The van der Waals surface area contributed by atoms with E-state index in [0.717, 1.165) is 101 Å². The molecular formula is C76H70N6O13S3. The van der Waals surface area contributed by atoms with E-state index in [1.807, 2.05) is 166 Å². The van der Waals surface area contributed by atoms with Crippen molar-refractivity contribution < 1.29 is 59.3 Å². The molecule has 2 atom stereocenters. The van der Waals surface area contributed by atoms with E-state index < -0.39 is 41.8 Å². The molecule has 0 spiro atoms. The quantitative estimate of drug-likeness (QED) is 0.0581. The number of aliphatic carboxylic acids is 1. The van der Waals surface area contributed by atoms with Crippen molar-refractivity contribution in [2.45, 2.75) is 54.2 Å². The largest absolute Gasteiger partial charge is 0.508 e. The summed E-state index contributed by atoms with van der Waals surface area (Å²) in [6.07, 6.45) is 3.84.